The van der Waals surface area contributed by atoms with Crippen molar-refractivity contribution in [3.8, 4) is 5.75 Å². The minimum atomic E-state index is -0.578. The second-order valence-corrected chi connectivity index (χ2v) is 6.80. The maximum Gasteiger partial charge on any atom is 0.340 e. The molecular formula is C22H19NO6. The molecule has 1 N–H and O–H groups in total. The number of phenols is 1. The molecule has 3 aromatic heterocycles. The van der Waals surface area contributed by atoms with Crippen LogP contribution in [0.1, 0.15) is 33.1 Å². The highest BCUT2D eigenvalue weighted by Gasteiger charge is 2.18. The molecule has 0 spiro atoms. The van der Waals surface area contributed by atoms with Crippen molar-refractivity contribution in [2.24, 2.45) is 0 Å². The van der Waals surface area contributed by atoms with Crippen molar-refractivity contribution in [2.45, 2.75) is 27.0 Å². The quantitative estimate of drug-likeness (QED) is 0.408. The highest BCUT2D eigenvalue weighted by Crippen LogP contribution is 2.23. The molecule has 1 aromatic carbocycles. The van der Waals surface area contributed by atoms with Crippen LogP contribution in [0, 0.1) is 13.8 Å². The van der Waals surface area contributed by atoms with E-state index in [0.29, 0.717) is 23.1 Å². The summed E-state index contributed by atoms with van der Waals surface area (Å²) in [5.74, 6) is 0.292. The second kappa shape index (κ2) is 7.35. The number of furan rings is 1. The maximum absolute atomic E-state index is 12.7. The van der Waals surface area contributed by atoms with Gasteiger partial charge in [-0.05, 0) is 44.2 Å². The second-order valence-electron chi connectivity index (χ2n) is 6.80. The summed E-state index contributed by atoms with van der Waals surface area (Å²) < 4.78 is 17.9. The third-order valence-electron chi connectivity index (χ3n) is 4.86. The summed E-state index contributed by atoms with van der Waals surface area (Å²) in [7, 11) is 0. The molecule has 0 saturated heterocycles. The number of carbonyl (C=O) groups is 1. The van der Waals surface area contributed by atoms with Crippen molar-refractivity contribution in [3.05, 3.63) is 87.4 Å². The summed E-state index contributed by atoms with van der Waals surface area (Å²) in [5.41, 5.74) is 2.30. The molecule has 0 unspecified atom stereocenters. The topological polar surface area (TPSA) is 94.8 Å². The predicted molar refractivity (Wildman–Crippen MR) is 105 cm³/mol. The molecule has 0 radical (unpaired) electrons. The Bertz CT molecular complexity index is 1250. The first-order valence-electron chi connectivity index (χ1n) is 9.04. The average Bonchev–Trinajstić information content (AvgIpc) is 3.29. The Labute approximate surface area is 165 Å². The maximum atomic E-state index is 12.7. The molecule has 0 amide bonds. The van der Waals surface area contributed by atoms with E-state index in [4.69, 9.17) is 13.6 Å². The van der Waals surface area contributed by atoms with Crippen LogP contribution >= 0.6 is 0 Å². The van der Waals surface area contributed by atoms with E-state index in [-0.39, 0.29) is 17.9 Å². The molecule has 0 aliphatic carbocycles. The molecule has 0 fully saturated rings. The fourth-order valence-electron chi connectivity index (χ4n) is 3.37. The first kappa shape index (κ1) is 18.6. The van der Waals surface area contributed by atoms with Crippen molar-refractivity contribution in [1.29, 1.82) is 0 Å². The summed E-state index contributed by atoms with van der Waals surface area (Å²) in [6.07, 6.45) is 1.61. The van der Waals surface area contributed by atoms with Gasteiger partial charge in [0.05, 0.1) is 18.4 Å². The lowest BCUT2D eigenvalue weighted by atomic mass is 10.1. The summed E-state index contributed by atoms with van der Waals surface area (Å²) in [5, 5.41) is 10.2. The standard InChI is InChI=1S/C22H19NO6/c1-13-8-19(14(2)23(13)11-17-4-3-7-27-17)22(26)28-12-15-9-21(25)29-20-10-16(24)5-6-18(15)20/h3-10,24H,11-12H2,1-2H3. The Morgan fingerprint density at radius 3 is 2.76 bits per heavy atom. The number of rotatable bonds is 5. The van der Waals surface area contributed by atoms with Crippen molar-refractivity contribution < 1.29 is 23.5 Å². The Kier molecular flexibility index (Phi) is 4.72. The number of esters is 1. The van der Waals surface area contributed by atoms with Crippen molar-refractivity contribution in [3.63, 3.8) is 0 Å². The summed E-state index contributed by atoms with van der Waals surface area (Å²) in [6.45, 7) is 4.19. The van der Waals surface area contributed by atoms with Gasteiger partial charge < -0.3 is 23.2 Å². The van der Waals surface area contributed by atoms with Crippen molar-refractivity contribution in [1.82, 2.24) is 4.57 Å². The first-order chi connectivity index (χ1) is 13.9. The third-order valence-corrected chi connectivity index (χ3v) is 4.86. The van der Waals surface area contributed by atoms with E-state index in [1.165, 1.54) is 18.2 Å². The van der Waals surface area contributed by atoms with Crippen molar-refractivity contribution in [2.75, 3.05) is 0 Å². The summed E-state index contributed by atoms with van der Waals surface area (Å²) in [4.78, 5) is 24.5. The first-order valence-corrected chi connectivity index (χ1v) is 9.04. The van der Waals surface area contributed by atoms with Gasteiger partial charge in [0.15, 0.2) is 0 Å². The van der Waals surface area contributed by atoms with Crippen LogP contribution in [0.15, 0.2) is 62.4 Å². The smallest absolute Gasteiger partial charge is 0.340 e. The zero-order chi connectivity index (χ0) is 20.5. The lowest BCUT2D eigenvalue weighted by Crippen LogP contribution is -2.10. The van der Waals surface area contributed by atoms with Gasteiger partial charge in [-0.3, -0.25) is 0 Å². The fourth-order valence-corrected chi connectivity index (χ4v) is 3.37. The Morgan fingerprint density at radius 2 is 2.00 bits per heavy atom. The van der Waals surface area contributed by atoms with Crippen molar-refractivity contribution >= 4 is 16.9 Å². The number of carbonyl (C=O) groups excluding carboxylic acids is 1. The molecule has 4 rings (SSSR count). The van der Waals surface area contributed by atoms with Crippen LogP contribution in [-0.2, 0) is 17.9 Å². The van der Waals surface area contributed by atoms with E-state index in [1.54, 1.807) is 18.4 Å². The third kappa shape index (κ3) is 3.67. The number of fused-ring (bicyclic) bond motifs is 1. The van der Waals surface area contributed by atoms with Gasteiger partial charge in [0.1, 0.15) is 23.7 Å². The highest BCUT2D eigenvalue weighted by atomic mass is 16.5. The molecule has 148 valence electrons. The minimum absolute atomic E-state index is 0.0150. The molecule has 7 heteroatoms. The zero-order valence-electron chi connectivity index (χ0n) is 16.0. The Hall–Kier alpha value is -3.74. The molecule has 0 aliphatic heterocycles. The number of ether oxygens (including phenoxy) is 1. The molecule has 0 saturated carbocycles. The number of nitrogens with zero attached hydrogens (tertiary/aromatic N) is 1. The molecule has 4 aromatic rings. The van der Waals surface area contributed by atoms with E-state index >= 15 is 0 Å². The normalized spacial score (nSPS) is 11.1. The highest BCUT2D eigenvalue weighted by molar-refractivity contribution is 5.91. The van der Waals surface area contributed by atoms with E-state index < -0.39 is 11.6 Å². The number of hydrogen-bond acceptors (Lipinski definition) is 6. The molecule has 0 bridgehead atoms. The van der Waals surface area contributed by atoms with Gasteiger partial charge >= 0.3 is 11.6 Å². The van der Waals surface area contributed by atoms with Crippen LogP contribution in [0.25, 0.3) is 11.0 Å². The largest absolute Gasteiger partial charge is 0.508 e. The molecular weight excluding hydrogens is 374 g/mol. The summed E-state index contributed by atoms with van der Waals surface area (Å²) in [6, 6.07) is 11.2. The van der Waals surface area contributed by atoms with Crippen LogP contribution in [0.4, 0.5) is 0 Å². The fraction of sp³-hybridized carbons (Fsp3) is 0.182. The van der Waals surface area contributed by atoms with E-state index in [2.05, 4.69) is 0 Å². The Balaban J connectivity index is 1.57. The van der Waals surface area contributed by atoms with E-state index in [0.717, 1.165) is 17.1 Å². The molecule has 3 heterocycles. The molecule has 0 aliphatic rings. The van der Waals surface area contributed by atoms with Gasteiger partial charge in [0, 0.05) is 34.5 Å². The SMILES string of the molecule is Cc1cc(C(=O)OCc2cc(=O)oc3cc(O)ccc23)c(C)n1Cc1ccco1. The lowest BCUT2D eigenvalue weighted by molar-refractivity contribution is 0.0473. The average molecular weight is 393 g/mol. The van der Waals surface area contributed by atoms with Crippen LogP contribution in [0.5, 0.6) is 5.75 Å². The number of aromatic hydroxyl groups is 1. The number of hydrogen-bond donors (Lipinski definition) is 1. The predicted octanol–water partition coefficient (Wildman–Crippen LogP) is 3.92. The van der Waals surface area contributed by atoms with Crippen LogP contribution < -0.4 is 5.63 Å². The van der Waals surface area contributed by atoms with Gasteiger partial charge in [-0.15, -0.1) is 0 Å². The summed E-state index contributed by atoms with van der Waals surface area (Å²) >= 11 is 0. The number of aromatic nitrogens is 1. The van der Waals surface area contributed by atoms with Gasteiger partial charge in [-0.1, -0.05) is 0 Å². The van der Waals surface area contributed by atoms with E-state index in [9.17, 15) is 14.7 Å². The van der Waals surface area contributed by atoms with Crippen LogP contribution in [-0.4, -0.2) is 15.6 Å². The minimum Gasteiger partial charge on any atom is -0.508 e. The van der Waals surface area contributed by atoms with Crippen LogP contribution in [0.3, 0.4) is 0 Å². The number of phenolic OH excluding ortho intramolecular Hbond substituents is 1. The monoisotopic (exact) mass is 393 g/mol. The van der Waals surface area contributed by atoms with Gasteiger partial charge in [0.2, 0.25) is 0 Å². The van der Waals surface area contributed by atoms with Gasteiger partial charge in [-0.25, -0.2) is 9.59 Å². The molecule has 0 atom stereocenters. The van der Waals surface area contributed by atoms with Crippen LogP contribution in [0.2, 0.25) is 0 Å². The number of benzene rings is 1. The van der Waals surface area contributed by atoms with Gasteiger partial charge in [-0.2, -0.15) is 0 Å². The van der Waals surface area contributed by atoms with E-state index in [1.807, 2.05) is 30.5 Å². The molecule has 7 nitrogen and oxygen atoms in total. The molecule has 29 heavy (non-hydrogen) atoms. The Morgan fingerprint density at radius 1 is 1.17 bits per heavy atom. The zero-order valence-corrected chi connectivity index (χ0v) is 16.0. The van der Waals surface area contributed by atoms with Gasteiger partial charge in [0.25, 0.3) is 0 Å². The lowest BCUT2D eigenvalue weighted by Gasteiger charge is -2.09. The number of aryl methyl sites for hydroxylation is 1.